The minimum atomic E-state index is 0.0156. The van der Waals surface area contributed by atoms with Crippen LogP contribution in [0.3, 0.4) is 0 Å². The molecule has 1 N–H and O–H groups in total. The number of carbonyl (C=O) groups is 1. The van der Waals surface area contributed by atoms with Crippen LogP contribution in [0.5, 0.6) is 0 Å². The molecule has 0 aromatic carbocycles. The Kier molecular flexibility index (Phi) is 4.99. The summed E-state index contributed by atoms with van der Waals surface area (Å²) in [6, 6.07) is 0.343. The van der Waals surface area contributed by atoms with E-state index >= 15 is 0 Å². The minimum absolute atomic E-state index is 0.0156. The third-order valence-electron chi connectivity index (χ3n) is 5.31. The van der Waals surface area contributed by atoms with Crippen LogP contribution in [0.15, 0.2) is 0 Å². The molecule has 2 aliphatic rings. The quantitative estimate of drug-likeness (QED) is 0.870. The smallest absolute Gasteiger partial charge is 0.222 e. The Bertz CT molecular complexity index is 361. The van der Waals surface area contributed by atoms with Crippen LogP contribution in [0.1, 0.15) is 66.2 Å². The molecule has 122 valence electrons. The van der Waals surface area contributed by atoms with Gasteiger partial charge in [-0.3, -0.25) is 9.69 Å². The molecule has 4 heteroatoms. The molecule has 0 bridgehead atoms. The molecule has 1 amide bonds. The predicted molar refractivity (Wildman–Crippen MR) is 85.2 cm³/mol. The van der Waals surface area contributed by atoms with Gasteiger partial charge in [-0.15, -0.1) is 0 Å². The molecule has 2 heterocycles. The van der Waals surface area contributed by atoms with E-state index in [1.165, 1.54) is 6.42 Å². The van der Waals surface area contributed by atoms with Crippen molar-refractivity contribution in [1.82, 2.24) is 9.80 Å². The van der Waals surface area contributed by atoms with Crippen LogP contribution < -0.4 is 0 Å². The highest BCUT2D eigenvalue weighted by Gasteiger charge is 2.47. The van der Waals surface area contributed by atoms with E-state index in [4.69, 9.17) is 0 Å². The maximum atomic E-state index is 12.4. The van der Waals surface area contributed by atoms with E-state index in [1.807, 2.05) is 0 Å². The zero-order valence-corrected chi connectivity index (χ0v) is 14.2. The Hall–Kier alpha value is -0.610. The molecule has 2 saturated heterocycles. The Balaban J connectivity index is 2.18. The summed E-state index contributed by atoms with van der Waals surface area (Å²) in [6.45, 7) is 10.8. The van der Waals surface area contributed by atoms with E-state index in [0.29, 0.717) is 18.5 Å². The molecule has 0 saturated carbocycles. The Morgan fingerprint density at radius 1 is 1.10 bits per heavy atom. The molecular formula is C17H32N2O2. The monoisotopic (exact) mass is 296 g/mol. The molecule has 0 aromatic heterocycles. The first kappa shape index (κ1) is 16.8. The number of aliphatic hydroxyl groups excluding tert-OH is 1. The first-order valence-electron chi connectivity index (χ1n) is 8.46. The van der Waals surface area contributed by atoms with Gasteiger partial charge in [-0.1, -0.05) is 6.42 Å². The number of hydrogen-bond donors (Lipinski definition) is 1. The van der Waals surface area contributed by atoms with Gasteiger partial charge in [0.1, 0.15) is 0 Å². The summed E-state index contributed by atoms with van der Waals surface area (Å²) < 4.78 is 0. The number of aliphatic hydroxyl groups is 1. The lowest BCUT2D eigenvalue weighted by Crippen LogP contribution is -2.65. The lowest BCUT2D eigenvalue weighted by molar-refractivity contribution is -0.138. The second-order valence-electron chi connectivity index (χ2n) is 7.96. The highest BCUT2D eigenvalue weighted by molar-refractivity contribution is 5.76. The zero-order chi connectivity index (χ0) is 15.7. The first-order valence-corrected chi connectivity index (χ1v) is 8.46. The summed E-state index contributed by atoms with van der Waals surface area (Å²) in [4.78, 5) is 17.0. The number of amides is 1. The van der Waals surface area contributed by atoms with Gasteiger partial charge in [-0.05, 0) is 53.4 Å². The van der Waals surface area contributed by atoms with Gasteiger partial charge in [-0.2, -0.15) is 0 Å². The molecule has 0 aromatic rings. The highest BCUT2D eigenvalue weighted by Crippen LogP contribution is 2.40. The van der Waals surface area contributed by atoms with Crippen LogP contribution in [-0.4, -0.2) is 57.6 Å². The van der Waals surface area contributed by atoms with Crippen LogP contribution in [-0.2, 0) is 4.79 Å². The molecule has 2 rings (SSSR count). The van der Waals surface area contributed by atoms with Gasteiger partial charge in [0, 0.05) is 36.6 Å². The van der Waals surface area contributed by atoms with Crippen LogP contribution in [0.4, 0.5) is 0 Å². The fourth-order valence-corrected chi connectivity index (χ4v) is 4.58. The van der Waals surface area contributed by atoms with Crippen molar-refractivity contribution in [3.05, 3.63) is 0 Å². The largest absolute Gasteiger partial charge is 0.395 e. The molecule has 2 aliphatic heterocycles. The maximum absolute atomic E-state index is 12.4. The Labute approximate surface area is 129 Å². The standard InChI is InChI=1S/C17H32N2O2/c1-16(2)12-14(13-17(3,4)19(16)10-11-20)18-9-7-5-6-8-15(18)21/h14,20H,5-13H2,1-4H3. The summed E-state index contributed by atoms with van der Waals surface area (Å²) in [5, 5.41) is 9.37. The summed E-state index contributed by atoms with van der Waals surface area (Å²) in [7, 11) is 0. The third-order valence-corrected chi connectivity index (χ3v) is 5.31. The molecule has 0 atom stereocenters. The summed E-state index contributed by atoms with van der Waals surface area (Å²) in [6.07, 6.45) is 6.09. The Morgan fingerprint density at radius 3 is 2.29 bits per heavy atom. The molecule has 4 nitrogen and oxygen atoms in total. The van der Waals surface area contributed by atoms with Crippen molar-refractivity contribution in [3.63, 3.8) is 0 Å². The van der Waals surface area contributed by atoms with Crippen molar-refractivity contribution in [1.29, 1.82) is 0 Å². The van der Waals surface area contributed by atoms with Gasteiger partial charge in [-0.25, -0.2) is 0 Å². The molecule has 0 spiro atoms. The second kappa shape index (κ2) is 6.25. The highest BCUT2D eigenvalue weighted by atomic mass is 16.3. The number of β-amino-alcohol motifs (C(OH)–C–C–N with tert-alkyl or cyclic N) is 1. The van der Waals surface area contributed by atoms with Gasteiger partial charge in [0.2, 0.25) is 5.91 Å². The molecule has 0 radical (unpaired) electrons. The molecular weight excluding hydrogens is 264 g/mol. The molecule has 0 aliphatic carbocycles. The topological polar surface area (TPSA) is 43.8 Å². The maximum Gasteiger partial charge on any atom is 0.222 e. The van der Waals surface area contributed by atoms with Crippen molar-refractivity contribution < 1.29 is 9.90 Å². The minimum Gasteiger partial charge on any atom is -0.395 e. The summed E-state index contributed by atoms with van der Waals surface area (Å²) >= 11 is 0. The number of likely N-dealkylation sites (tertiary alicyclic amines) is 2. The molecule has 0 unspecified atom stereocenters. The first-order chi connectivity index (χ1) is 9.78. The van der Waals surface area contributed by atoms with Crippen molar-refractivity contribution in [2.75, 3.05) is 19.7 Å². The van der Waals surface area contributed by atoms with E-state index in [0.717, 1.165) is 38.6 Å². The second-order valence-corrected chi connectivity index (χ2v) is 7.96. The number of piperidine rings is 1. The average Bonchev–Trinajstić information content (AvgIpc) is 2.57. The van der Waals surface area contributed by atoms with E-state index in [1.54, 1.807) is 0 Å². The van der Waals surface area contributed by atoms with E-state index in [-0.39, 0.29) is 17.7 Å². The third kappa shape index (κ3) is 3.59. The van der Waals surface area contributed by atoms with Crippen molar-refractivity contribution in [2.24, 2.45) is 0 Å². The number of carbonyl (C=O) groups excluding carboxylic acids is 1. The van der Waals surface area contributed by atoms with E-state index in [2.05, 4.69) is 37.5 Å². The zero-order valence-electron chi connectivity index (χ0n) is 14.2. The fraction of sp³-hybridized carbons (Fsp3) is 0.941. The Morgan fingerprint density at radius 2 is 1.71 bits per heavy atom. The molecule has 2 fully saturated rings. The number of hydrogen-bond acceptors (Lipinski definition) is 3. The van der Waals surface area contributed by atoms with E-state index in [9.17, 15) is 9.90 Å². The van der Waals surface area contributed by atoms with Gasteiger partial charge < -0.3 is 10.0 Å². The molecule has 21 heavy (non-hydrogen) atoms. The van der Waals surface area contributed by atoms with Gasteiger partial charge in [0.05, 0.1) is 6.61 Å². The van der Waals surface area contributed by atoms with Crippen LogP contribution >= 0.6 is 0 Å². The van der Waals surface area contributed by atoms with Crippen molar-refractivity contribution in [2.45, 2.75) is 83.3 Å². The average molecular weight is 296 g/mol. The van der Waals surface area contributed by atoms with Crippen LogP contribution in [0.25, 0.3) is 0 Å². The predicted octanol–water partition coefficient (Wildman–Crippen LogP) is 2.40. The lowest BCUT2D eigenvalue weighted by atomic mass is 9.76. The van der Waals surface area contributed by atoms with Crippen LogP contribution in [0.2, 0.25) is 0 Å². The van der Waals surface area contributed by atoms with Crippen molar-refractivity contribution >= 4 is 5.91 Å². The number of nitrogens with zero attached hydrogens (tertiary/aromatic N) is 2. The summed E-state index contributed by atoms with van der Waals surface area (Å²) in [5.41, 5.74) is 0.0312. The van der Waals surface area contributed by atoms with Crippen LogP contribution in [0, 0.1) is 0 Å². The SMILES string of the molecule is CC1(C)CC(N2CCCCCC2=O)CC(C)(C)N1CCO. The summed E-state index contributed by atoms with van der Waals surface area (Å²) in [5.74, 6) is 0.347. The van der Waals surface area contributed by atoms with Gasteiger partial charge in [0.25, 0.3) is 0 Å². The van der Waals surface area contributed by atoms with Crippen molar-refractivity contribution in [3.8, 4) is 0 Å². The van der Waals surface area contributed by atoms with Gasteiger partial charge >= 0.3 is 0 Å². The lowest BCUT2D eigenvalue weighted by Gasteiger charge is -2.57. The number of rotatable bonds is 3. The van der Waals surface area contributed by atoms with Gasteiger partial charge in [0.15, 0.2) is 0 Å². The fourth-order valence-electron chi connectivity index (χ4n) is 4.58. The normalized spacial score (nSPS) is 27.7. The van der Waals surface area contributed by atoms with E-state index < -0.39 is 0 Å².